The van der Waals surface area contributed by atoms with Gasteiger partial charge in [-0.25, -0.2) is 4.79 Å². The lowest BCUT2D eigenvalue weighted by atomic mass is 10.0. The minimum absolute atomic E-state index is 0.135. The molecular weight excluding hydrogens is 262 g/mol. The summed E-state index contributed by atoms with van der Waals surface area (Å²) in [5, 5.41) is 0. The second kappa shape index (κ2) is 5.36. The minimum atomic E-state index is -0.410. The number of amides is 1. The van der Waals surface area contributed by atoms with Crippen LogP contribution in [-0.2, 0) is 4.74 Å². The van der Waals surface area contributed by atoms with Gasteiger partial charge in [-0.15, -0.1) is 0 Å². The number of benzene rings is 1. The van der Waals surface area contributed by atoms with Crippen molar-refractivity contribution in [3.05, 3.63) is 35.9 Å². The Labute approximate surface area is 127 Å². The molecule has 1 aliphatic carbocycles. The molecule has 3 heteroatoms. The highest BCUT2D eigenvalue weighted by Crippen LogP contribution is 2.52. The molecule has 1 heterocycles. The molecule has 114 valence electrons. The summed E-state index contributed by atoms with van der Waals surface area (Å²) in [6.07, 6.45) is 3.28. The van der Waals surface area contributed by atoms with E-state index in [0.717, 1.165) is 19.4 Å². The van der Waals surface area contributed by atoms with Crippen molar-refractivity contribution in [2.75, 3.05) is 6.54 Å². The summed E-state index contributed by atoms with van der Waals surface area (Å²) in [6.45, 7) is 6.64. The van der Waals surface area contributed by atoms with Crippen molar-refractivity contribution < 1.29 is 9.53 Å². The molecule has 3 atom stereocenters. The molecule has 1 aromatic rings. The van der Waals surface area contributed by atoms with Crippen LogP contribution in [0.3, 0.4) is 0 Å². The van der Waals surface area contributed by atoms with Gasteiger partial charge in [-0.1, -0.05) is 30.3 Å². The number of hydrogen-bond acceptors (Lipinski definition) is 2. The van der Waals surface area contributed by atoms with Crippen LogP contribution in [0.5, 0.6) is 0 Å². The van der Waals surface area contributed by atoms with E-state index in [9.17, 15) is 4.79 Å². The van der Waals surface area contributed by atoms with E-state index in [1.54, 1.807) is 0 Å². The third-order valence-electron chi connectivity index (χ3n) is 4.49. The van der Waals surface area contributed by atoms with Gasteiger partial charge in [0, 0.05) is 12.6 Å². The number of carbonyl (C=O) groups excluding carboxylic acids is 1. The van der Waals surface area contributed by atoms with Crippen molar-refractivity contribution in [3.8, 4) is 0 Å². The predicted octanol–water partition coefficient (Wildman–Crippen LogP) is 4.19. The molecule has 2 fully saturated rings. The Bertz CT molecular complexity index is 506. The highest BCUT2D eigenvalue weighted by atomic mass is 16.6. The largest absolute Gasteiger partial charge is 0.444 e. The van der Waals surface area contributed by atoms with Crippen LogP contribution in [0.1, 0.15) is 51.5 Å². The molecule has 0 radical (unpaired) electrons. The van der Waals surface area contributed by atoms with Gasteiger partial charge in [-0.2, -0.15) is 0 Å². The third kappa shape index (κ3) is 3.22. The van der Waals surface area contributed by atoms with Crippen LogP contribution < -0.4 is 0 Å². The minimum Gasteiger partial charge on any atom is -0.444 e. The summed E-state index contributed by atoms with van der Waals surface area (Å²) in [4.78, 5) is 14.3. The zero-order valence-corrected chi connectivity index (χ0v) is 13.2. The molecule has 1 saturated heterocycles. The average molecular weight is 287 g/mol. The molecule has 1 aromatic carbocycles. The Morgan fingerprint density at radius 3 is 2.62 bits per heavy atom. The molecule has 1 saturated carbocycles. The Hall–Kier alpha value is -1.51. The molecule has 0 bridgehead atoms. The first-order chi connectivity index (χ1) is 9.96. The van der Waals surface area contributed by atoms with Crippen LogP contribution in [0.4, 0.5) is 4.79 Å². The SMILES string of the molecule is CC(C)(C)OC(=O)N1CCCC1C1CC1c1ccccc1. The number of likely N-dealkylation sites (tertiary alicyclic amines) is 1. The lowest BCUT2D eigenvalue weighted by Crippen LogP contribution is -2.40. The highest BCUT2D eigenvalue weighted by Gasteiger charge is 2.49. The van der Waals surface area contributed by atoms with E-state index in [2.05, 4.69) is 30.3 Å². The van der Waals surface area contributed by atoms with Crippen LogP contribution in [0.25, 0.3) is 0 Å². The van der Waals surface area contributed by atoms with Crippen molar-refractivity contribution in [1.29, 1.82) is 0 Å². The monoisotopic (exact) mass is 287 g/mol. The number of nitrogens with zero attached hydrogens (tertiary/aromatic N) is 1. The second-order valence-corrected chi connectivity index (χ2v) is 7.30. The molecule has 0 N–H and O–H groups in total. The summed E-state index contributed by atoms with van der Waals surface area (Å²) < 4.78 is 5.56. The fourth-order valence-corrected chi connectivity index (χ4v) is 3.51. The van der Waals surface area contributed by atoms with Gasteiger partial charge in [0.05, 0.1) is 0 Å². The summed E-state index contributed by atoms with van der Waals surface area (Å²) in [7, 11) is 0. The zero-order valence-electron chi connectivity index (χ0n) is 13.2. The van der Waals surface area contributed by atoms with E-state index in [-0.39, 0.29) is 6.09 Å². The molecule has 0 aromatic heterocycles. The standard InChI is InChI=1S/C18H25NO2/c1-18(2,3)21-17(20)19-11-7-10-16(19)15-12-14(15)13-8-5-4-6-9-13/h4-6,8-9,14-16H,7,10-12H2,1-3H3. The highest BCUT2D eigenvalue weighted by molar-refractivity contribution is 5.69. The van der Waals surface area contributed by atoms with Crippen molar-refractivity contribution in [2.24, 2.45) is 5.92 Å². The quantitative estimate of drug-likeness (QED) is 0.816. The topological polar surface area (TPSA) is 29.5 Å². The van der Waals surface area contributed by atoms with E-state index in [1.165, 1.54) is 12.0 Å². The molecule has 3 unspecified atom stereocenters. The second-order valence-electron chi connectivity index (χ2n) is 7.30. The van der Waals surface area contributed by atoms with Crippen LogP contribution in [0.2, 0.25) is 0 Å². The summed E-state index contributed by atoms with van der Waals surface area (Å²) in [5.41, 5.74) is 1.01. The van der Waals surface area contributed by atoms with Gasteiger partial charge in [0.15, 0.2) is 0 Å². The Morgan fingerprint density at radius 1 is 1.24 bits per heavy atom. The smallest absolute Gasteiger partial charge is 0.410 e. The summed E-state index contributed by atoms with van der Waals surface area (Å²) >= 11 is 0. The van der Waals surface area contributed by atoms with Crippen LogP contribution in [0.15, 0.2) is 30.3 Å². The van der Waals surface area contributed by atoms with Gasteiger partial charge in [-0.3, -0.25) is 0 Å². The summed E-state index contributed by atoms with van der Waals surface area (Å²) in [6, 6.07) is 11.0. The third-order valence-corrected chi connectivity index (χ3v) is 4.49. The first-order valence-electron chi connectivity index (χ1n) is 8.00. The number of ether oxygens (including phenoxy) is 1. The zero-order chi connectivity index (χ0) is 15.0. The van der Waals surface area contributed by atoms with Gasteiger partial charge < -0.3 is 9.64 Å². The maximum absolute atomic E-state index is 12.4. The van der Waals surface area contributed by atoms with E-state index < -0.39 is 5.60 Å². The van der Waals surface area contributed by atoms with E-state index in [1.807, 2.05) is 25.7 Å². The molecular formula is C18H25NO2. The summed E-state index contributed by atoms with van der Waals surface area (Å²) in [5.74, 6) is 1.24. The lowest BCUT2D eigenvalue weighted by molar-refractivity contribution is 0.0208. The van der Waals surface area contributed by atoms with Crippen LogP contribution in [-0.4, -0.2) is 29.2 Å². The van der Waals surface area contributed by atoms with Gasteiger partial charge in [0.1, 0.15) is 5.60 Å². The molecule has 3 nitrogen and oxygen atoms in total. The van der Waals surface area contributed by atoms with E-state index >= 15 is 0 Å². The normalized spacial score (nSPS) is 28.5. The van der Waals surface area contributed by atoms with E-state index in [0.29, 0.717) is 17.9 Å². The van der Waals surface area contributed by atoms with Crippen molar-refractivity contribution in [2.45, 2.75) is 57.6 Å². The van der Waals surface area contributed by atoms with Gasteiger partial charge in [0.25, 0.3) is 0 Å². The van der Waals surface area contributed by atoms with Gasteiger partial charge in [-0.05, 0) is 57.4 Å². The molecule has 1 aliphatic heterocycles. The average Bonchev–Trinajstić information content (AvgIpc) is 3.06. The maximum Gasteiger partial charge on any atom is 0.410 e. The Kier molecular flexibility index (Phi) is 3.68. The molecule has 2 aliphatic rings. The van der Waals surface area contributed by atoms with Crippen molar-refractivity contribution >= 4 is 6.09 Å². The lowest BCUT2D eigenvalue weighted by Gasteiger charge is -2.29. The first-order valence-corrected chi connectivity index (χ1v) is 8.00. The van der Waals surface area contributed by atoms with Crippen molar-refractivity contribution in [3.63, 3.8) is 0 Å². The number of carbonyl (C=O) groups is 1. The Balaban J connectivity index is 1.65. The Morgan fingerprint density at radius 2 is 1.95 bits per heavy atom. The molecule has 1 amide bonds. The first kappa shape index (κ1) is 14.4. The van der Waals surface area contributed by atoms with Crippen LogP contribution >= 0.6 is 0 Å². The fraction of sp³-hybridized carbons (Fsp3) is 0.611. The molecule has 3 rings (SSSR count). The number of rotatable bonds is 2. The van der Waals surface area contributed by atoms with E-state index in [4.69, 9.17) is 4.74 Å². The number of hydrogen-bond donors (Lipinski definition) is 0. The molecule has 21 heavy (non-hydrogen) atoms. The van der Waals surface area contributed by atoms with Gasteiger partial charge in [0.2, 0.25) is 0 Å². The fourth-order valence-electron chi connectivity index (χ4n) is 3.51. The maximum atomic E-state index is 12.4. The van der Waals surface area contributed by atoms with Crippen LogP contribution in [0, 0.1) is 5.92 Å². The predicted molar refractivity (Wildman–Crippen MR) is 83.3 cm³/mol. The molecule has 0 spiro atoms. The van der Waals surface area contributed by atoms with Gasteiger partial charge >= 0.3 is 6.09 Å². The van der Waals surface area contributed by atoms with Crippen molar-refractivity contribution in [1.82, 2.24) is 4.90 Å².